The lowest BCUT2D eigenvalue weighted by molar-refractivity contribution is -0.137. The van der Waals surface area contributed by atoms with Crippen molar-refractivity contribution in [3.05, 3.63) is 59.0 Å². The zero-order chi connectivity index (χ0) is 29.5. The lowest BCUT2D eigenvalue weighted by Gasteiger charge is -2.36. The summed E-state index contributed by atoms with van der Waals surface area (Å²) in [4.78, 5) is 35.2. The van der Waals surface area contributed by atoms with Gasteiger partial charge in [-0.1, -0.05) is 41.9 Å². The van der Waals surface area contributed by atoms with Gasteiger partial charge in [-0.05, 0) is 69.3 Å². The van der Waals surface area contributed by atoms with Crippen molar-refractivity contribution in [2.24, 2.45) is 13.0 Å². The van der Waals surface area contributed by atoms with E-state index in [0.717, 1.165) is 48.9 Å². The van der Waals surface area contributed by atoms with Gasteiger partial charge in [0.1, 0.15) is 6.61 Å². The molecular formula is C31H39ClN6O4. The number of hydrogen-bond donors (Lipinski definition) is 2. The number of aromatic nitrogens is 4. The number of unbranched alkanes of at least 4 members (excludes halogenated alkanes) is 1. The highest BCUT2D eigenvalue weighted by atomic mass is 35.5. The SMILES string of the molecule is Cn1ncc(-c2nc(N[C@H]3CC[C@H](N(CCCCC(=O)O)C(=O)OCc4ccccc4)CC3)ncc2Cl)c1CC1CC1. The number of nitrogens with one attached hydrogen (secondary N) is 1. The number of carbonyl (C=O) groups is 2. The second-order valence-electron chi connectivity index (χ2n) is 11.4. The number of nitrogens with zero attached hydrogens (tertiary/aromatic N) is 5. The molecule has 0 saturated heterocycles. The van der Waals surface area contributed by atoms with Gasteiger partial charge in [-0.15, -0.1) is 0 Å². The van der Waals surface area contributed by atoms with Crippen LogP contribution < -0.4 is 5.32 Å². The van der Waals surface area contributed by atoms with Crippen molar-refractivity contribution in [3.8, 4) is 11.3 Å². The molecule has 2 heterocycles. The van der Waals surface area contributed by atoms with E-state index in [-0.39, 0.29) is 31.2 Å². The van der Waals surface area contributed by atoms with Gasteiger partial charge < -0.3 is 20.1 Å². The molecule has 2 saturated carbocycles. The topological polar surface area (TPSA) is 122 Å². The maximum Gasteiger partial charge on any atom is 0.410 e. The van der Waals surface area contributed by atoms with Gasteiger partial charge in [0.2, 0.25) is 5.95 Å². The summed E-state index contributed by atoms with van der Waals surface area (Å²) in [5, 5.41) is 17.5. The summed E-state index contributed by atoms with van der Waals surface area (Å²) in [7, 11) is 1.96. The summed E-state index contributed by atoms with van der Waals surface area (Å²) in [6.07, 6.45) is 11.1. The molecule has 42 heavy (non-hydrogen) atoms. The molecule has 5 rings (SSSR count). The highest BCUT2D eigenvalue weighted by molar-refractivity contribution is 6.33. The molecule has 2 N–H and O–H groups in total. The van der Waals surface area contributed by atoms with Crippen LogP contribution in [0.5, 0.6) is 0 Å². The number of halogens is 1. The Morgan fingerprint density at radius 2 is 1.86 bits per heavy atom. The fraction of sp³-hybridized carbons (Fsp3) is 0.516. The van der Waals surface area contributed by atoms with Crippen LogP contribution in [0, 0.1) is 5.92 Å². The Morgan fingerprint density at radius 1 is 1.10 bits per heavy atom. The van der Waals surface area contributed by atoms with Crippen molar-refractivity contribution >= 4 is 29.6 Å². The zero-order valence-electron chi connectivity index (χ0n) is 24.0. The van der Waals surface area contributed by atoms with Crippen molar-refractivity contribution in [2.75, 3.05) is 11.9 Å². The van der Waals surface area contributed by atoms with E-state index in [0.29, 0.717) is 42.0 Å². The van der Waals surface area contributed by atoms with E-state index < -0.39 is 5.97 Å². The molecule has 1 aromatic carbocycles. The fourth-order valence-corrected chi connectivity index (χ4v) is 5.81. The Hall–Kier alpha value is -3.66. The largest absolute Gasteiger partial charge is 0.481 e. The summed E-state index contributed by atoms with van der Waals surface area (Å²) in [5.41, 5.74) is 3.72. The molecule has 0 aliphatic heterocycles. The van der Waals surface area contributed by atoms with Crippen LogP contribution in [0.1, 0.15) is 69.0 Å². The predicted octanol–water partition coefficient (Wildman–Crippen LogP) is 6.10. The molecule has 0 bridgehead atoms. The van der Waals surface area contributed by atoms with Crippen LogP contribution in [-0.4, -0.2) is 60.4 Å². The molecule has 2 fully saturated rings. The van der Waals surface area contributed by atoms with Crippen molar-refractivity contribution in [1.82, 2.24) is 24.6 Å². The van der Waals surface area contributed by atoms with Gasteiger partial charge in [-0.3, -0.25) is 9.48 Å². The lowest BCUT2D eigenvalue weighted by atomic mass is 9.90. The number of carboxylic acid groups (broad SMARTS) is 1. The van der Waals surface area contributed by atoms with Crippen LogP contribution in [0.15, 0.2) is 42.7 Å². The summed E-state index contributed by atoms with van der Waals surface area (Å²) >= 11 is 6.55. The highest BCUT2D eigenvalue weighted by Gasteiger charge is 2.30. The minimum Gasteiger partial charge on any atom is -0.481 e. The van der Waals surface area contributed by atoms with Crippen molar-refractivity contribution in [2.45, 2.75) is 82.9 Å². The van der Waals surface area contributed by atoms with Gasteiger partial charge in [0.25, 0.3) is 0 Å². The number of aryl methyl sites for hydroxylation is 1. The number of benzene rings is 1. The molecular weight excluding hydrogens is 556 g/mol. The van der Waals surface area contributed by atoms with E-state index >= 15 is 0 Å². The molecule has 11 heteroatoms. The highest BCUT2D eigenvalue weighted by Crippen LogP contribution is 2.37. The Balaban J connectivity index is 1.20. The molecule has 224 valence electrons. The second-order valence-corrected chi connectivity index (χ2v) is 11.8. The summed E-state index contributed by atoms with van der Waals surface area (Å²) in [6.45, 7) is 0.680. The predicted molar refractivity (Wildman–Crippen MR) is 160 cm³/mol. The number of carbonyl (C=O) groups excluding carboxylic acids is 1. The molecule has 1 amide bonds. The minimum atomic E-state index is -0.824. The molecule has 0 radical (unpaired) electrons. The molecule has 0 atom stereocenters. The van der Waals surface area contributed by atoms with Crippen LogP contribution in [0.2, 0.25) is 5.02 Å². The summed E-state index contributed by atoms with van der Waals surface area (Å²) in [6, 6.07) is 9.79. The standard InChI is InChI=1S/C31H39ClN6O4/c1-37-27(17-21-10-11-21)25(18-34-37)29-26(32)19-33-30(36-29)35-23-12-14-24(15-13-23)38(16-6-5-9-28(39)40)31(41)42-20-22-7-3-2-4-8-22/h2-4,7-8,18-19,21,23-24H,5-6,9-17,20H2,1H3,(H,39,40)(H,33,35,36)/t23-,24-. The van der Waals surface area contributed by atoms with Crippen LogP contribution in [-0.2, 0) is 29.6 Å². The lowest BCUT2D eigenvalue weighted by Crippen LogP contribution is -2.44. The fourth-order valence-electron chi connectivity index (χ4n) is 5.62. The maximum absolute atomic E-state index is 13.2. The van der Waals surface area contributed by atoms with E-state index in [9.17, 15) is 9.59 Å². The smallest absolute Gasteiger partial charge is 0.410 e. The van der Waals surface area contributed by atoms with Crippen LogP contribution in [0.25, 0.3) is 11.3 Å². The summed E-state index contributed by atoms with van der Waals surface area (Å²) in [5.74, 6) is 0.418. The Kier molecular flexibility index (Phi) is 9.94. The van der Waals surface area contributed by atoms with Gasteiger partial charge in [0.15, 0.2) is 0 Å². The van der Waals surface area contributed by atoms with Crippen molar-refractivity contribution in [3.63, 3.8) is 0 Å². The maximum atomic E-state index is 13.2. The first-order valence-corrected chi connectivity index (χ1v) is 15.2. The molecule has 10 nitrogen and oxygen atoms in total. The third-order valence-corrected chi connectivity index (χ3v) is 8.47. The van der Waals surface area contributed by atoms with Gasteiger partial charge >= 0.3 is 12.1 Å². The van der Waals surface area contributed by atoms with Crippen molar-refractivity contribution < 1.29 is 19.4 Å². The average molecular weight is 595 g/mol. The Labute approximate surface area is 251 Å². The van der Waals surface area contributed by atoms with Crippen LogP contribution in [0.4, 0.5) is 10.7 Å². The number of rotatable bonds is 13. The van der Waals surface area contributed by atoms with Gasteiger partial charge in [0.05, 0.1) is 23.1 Å². The second kappa shape index (κ2) is 14.0. The van der Waals surface area contributed by atoms with Crippen molar-refractivity contribution in [1.29, 1.82) is 0 Å². The molecule has 3 aromatic rings. The normalized spacial score (nSPS) is 18.4. The number of anilines is 1. The van der Waals surface area contributed by atoms with Gasteiger partial charge in [-0.2, -0.15) is 5.10 Å². The third-order valence-electron chi connectivity index (χ3n) is 8.19. The Morgan fingerprint density at radius 3 is 2.57 bits per heavy atom. The monoisotopic (exact) mass is 594 g/mol. The molecule has 2 aromatic heterocycles. The van der Waals surface area contributed by atoms with E-state index in [4.69, 9.17) is 26.4 Å². The third kappa shape index (κ3) is 8.00. The first kappa shape index (κ1) is 29.8. The minimum absolute atomic E-state index is 0.0261. The van der Waals surface area contributed by atoms with Crippen LogP contribution in [0.3, 0.4) is 0 Å². The van der Waals surface area contributed by atoms with Gasteiger partial charge in [-0.25, -0.2) is 14.8 Å². The molecule has 2 aliphatic rings. The van der Waals surface area contributed by atoms with Gasteiger partial charge in [0, 0.05) is 43.4 Å². The number of aliphatic carboxylic acids is 1. The number of amides is 1. The quantitative estimate of drug-likeness (QED) is 0.228. The zero-order valence-corrected chi connectivity index (χ0v) is 24.8. The first-order valence-electron chi connectivity index (χ1n) is 14.9. The van der Waals surface area contributed by atoms with E-state index in [1.165, 1.54) is 12.8 Å². The van der Waals surface area contributed by atoms with E-state index in [1.54, 1.807) is 11.1 Å². The number of hydrogen-bond acceptors (Lipinski definition) is 7. The molecule has 2 aliphatic carbocycles. The average Bonchev–Trinajstić information content (AvgIpc) is 3.75. The van der Waals surface area contributed by atoms with E-state index in [2.05, 4.69) is 15.4 Å². The first-order chi connectivity index (χ1) is 20.4. The number of carboxylic acids is 1. The van der Waals surface area contributed by atoms with E-state index in [1.807, 2.05) is 48.3 Å². The van der Waals surface area contributed by atoms with Crippen LogP contribution >= 0.6 is 11.6 Å². The Bertz CT molecular complexity index is 1350. The molecule has 0 spiro atoms. The molecule has 0 unspecified atom stereocenters. The number of ether oxygens (including phenoxy) is 1. The summed E-state index contributed by atoms with van der Waals surface area (Å²) < 4.78 is 7.58.